The maximum absolute atomic E-state index is 13.9. The molecule has 1 aliphatic heterocycles. The summed E-state index contributed by atoms with van der Waals surface area (Å²) in [6, 6.07) is 4.35. The first-order valence-corrected chi connectivity index (χ1v) is 9.92. The zero-order chi connectivity index (χ0) is 21.6. The number of hydrogen-bond donors (Lipinski definition) is 2. The Morgan fingerprint density at radius 1 is 1.33 bits per heavy atom. The summed E-state index contributed by atoms with van der Waals surface area (Å²) in [6.45, 7) is 8.33. The number of rotatable bonds is 2. The number of aromatic nitrogens is 4. The van der Waals surface area contributed by atoms with Gasteiger partial charge in [0.05, 0.1) is 17.8 Å². The third kappa shape index (κ3) is 3.67. The van der Waals surface area contributed by atoms with Crippen LogP contribution in [0, 0.1) is 5.82 Å². The van der Waals surface area contributed by atoms with E-state index in [4.69, 9.17) is 0 Å². The van der Waals surface area contributed by atoms with Gasteiger partial charge >= 0.3 is 0 Å². The van der Waals surface area contributed by atoms with Crippen LogP contribution in [-0.4, -0.2) is 37.1 Å². The minimum atomic E-state index is -0.347. The molecular formula is C21H25FN6O2. The normalized spacial score (nSPS) is 17.0. The molecule has 158 valence electrons. The SMILES string of the molecule is CC(=O)N1CCC(Nc2nc3c(cnn3C(C)(C)C)c(=O)[nH]2)c2ccc(F)cc2C1. The number of carbonyl (C=O) groups excluding carboxylic acids is 1. The molecule has 1 amide bonds. The third-order valence-electron chi connectivity index (χ3n) is 5.36. The first-order chi connectivity index (χ1) is 14.1. The van der Waals surface area contributed by atoms with Gasteiger partial charge in [0.15, 0.2) is 5.65 Å². The van der Waals surface area contributed by atoms with Gasteiger partial charge in [0.25, 0.3) is 5.56 Å². The highest BCUT2D eigenvalue weighted by molar-refractivity contribution is 5.75. The highest BCUT2D eigenvalue weighted by atomic mass is 19.1. The molecule has 1 unspecified atom stereocenters. The third-order valence-corrected chi connectivity index (χ3v) is 5.36. The van der Waals surface area contributed by atoms with Crippen molar-refractivity contribution < 1.29 is 9.18 Å². The van der Waals surface area contributed by atoms with Gasteiger partial charge in [-0.1, -0.05) is 6.07 Å². The first-order valence-electron chi connectivity index (χ1n) is 9.92. The molecular weight excluding hydrogens is 387 g/mol. The Bertz CT molecular complexity index is 1180. The van der Waals surface area contributed by atoms with Gasteiger partial charge in [-0.3, -0.25) is 14.6 Å². The van der Waals surface area contributed by atoms with Crippen LogP contribution in [0.25, 0.3) is 11.0 Å². The van der Waals surface area contributed by atoms with Crippen LogP contribution in [0.4, 0.5) is 10.3 Å². The van der Waals surface area contributed by atoms with Gasteiger partial charge in [-0.05, 0) is 50.5 Å². The van der Waals surface area contributed by atoms with Crippen molar-refractivity contribution in [3.05, 3.63) is 51.7 Å². The van der Waals surface area contributed by atoms with Gasteiger partial charge < -0.3 is 10.2 Å². The molecule has 3 heterocycles. The van der Waals surface area contributed by atoms with Gasteiger partial charge in [-0.2, -0.15) is 10.1 Å². The van der Waals surface area contributed by atoms with Crippen molar-refractivity contribution in [3.8, 4) is 0 Å². The fourth-order valence-corrected chi connectivity index (χ4v) is 3.84. The van der Waals surface area contributed by atoms with Crippen LogP contribution in [0.3, 0.4) is 0 Å². The number of amides is 1. The van der Waals surface area contributed by atoms with E-state index in [0.29, 0.717) is 36.5 Å². The molecule has 0 fully saturated rings. The van der Waals surface area contributed by atoms with Crippen LogP contribution in [0.5, 0.6) is 0 Å². The monoisotopic (exact) mass is 412 g/mol. The maximum Gasteiger partial charge on any atom is 0.263 e. The second-order valence-corrected chi connectivity index (χ2v) is 8.65. The fourth-order valence-electron chi connectivity index (χ4n) is 3.84. The van der Waals surface area contributed by atoms with E-state index in [9.17, 15) is 14.0 Å². The molecule has 0 saturated carbocycles. The Labute approximate surface area is 173 Å². The number of halogens is 1. The van der Waals surface area contributed by atoms with Crippen molar-refractivity contribution in [1.29, 1.82) is 0 Å². The highest BCUT2D eigenvalue weighted by Gasteiger charge is 2.25. The molecule has 0 radical (unpaired) electrons. The summed E-state index contributed by atoms with van der Waals surface area (Å²) >= 11 is 0. The second kappa shape index (κ2) is 7.23. The molecule has 4 rings (SSSR count). The second-order valence-electron chi connectivity index (χ2n) is 8.65. The molecule has 2 aromatic heterocycles. The van der Waals surface area contributed by atoms with Crippen LogP contribution in [0.2, 0.25) is 0 Å². The van der Waals surface area contributed by atoms with Gasteiger partial charge in [0.1, 0.15) is 11.2 Å². The Hall–Kier alpha value is -3.23. The number of carbonyl (C=O) groups is 1. The Morgan fingerprint density at radius 2 is 2.10 bits per heavy atom. The quantitative estimate of drug-likeness (QED) is 0.675. The summed E-state index contributed by atoms with van der Waals surface area (Å²) in [4.78, 5) is 33.6. The Kier molecular flexibility index (Phi) is 4.83. The van der Waals surface area contributed by atoms with Gasteiger partial charge in [-0.25, -0.2) is 9.07 Å². The number of hydrogen-bond acceptors (Lipinski definition) is 5. The van der Waals surface area contributed by atoms with Gasteiger partial charge in [-0.15, -0.1) is 0 Å². The van der Waals surface area contributed by atoms with E-state index in [2.05, 4.69) is 20.4 Å². The minimum Gasteiger partial charge on any atom is -0.349 e. The lowest BCUT2D eigenvalue weighted by Crippen LogP contribution is -2.28. The van der Waals surface area contributed by atoms with Crippen LogP contribution in [0.15, 0.2) is 29.2 Å². The first kappa shape index (κ1) is 20.1. The van der Waals surface area contributed by atoms with Crippen LogP contribution in [0.1, 0.15) is 51.3 Å². The number of aromatic amines is 1. The van der Waals surface area contributed by atoms with E-state index >= 15 is 0 Å². The zero-order valence-electron chi connectivity index (χ0n) is 17.5. The summed E-state index contributed by atoms with van der Waals surface area (Å²) in [7, 11) is 0. The van der Waals surface area contributed by atoms with E-state index in [1.807, 2.05) is 20.8 Å². The molecule has 30 heavy (non-hydrogen) atoms. The number of H-pyrrole nitrogens is 1. The molecule has 8 nitrogen and oxygen atoms in total. The molecule has 2 N–H and O–H groups in total. The summed E-state index contributed by atoms with van der Waals surface area (Å²) < 4.78 is 15.6. The lowest BCUT2D eigenvalue weighted by Gasteiger charge is -2.21. The van der Waals surface area contributed by atoms with E-state index in [1.54, 1.807) is 15.6 Å². The van der Waals surface area contributed by atoms with Crippen molar-refractivity contribution in [2.75, 3.05) is 11.9 Å². The molecule has 3 aromatic rings. The number of anilines is 1. The number of fused-ring (bicyclic) bond motifs is 2. The van der Waals surface area contributed by atoms with E-state index in [0.717, 1.165) is 11.1 Å². The molecule has 1 aliphatic rings. The van der Waals surface area contributed by atoms with Crippen LogP contribution < -0.4 is 10.9 Å². The Balaban J connectivity index is 1.74. The van der Waals surface area contributed by atoms with E-state index < -0.39 is 0 Å². The topological polar surface area (TPSA) is 95.9 Å². The van der Waals surface area contributed by atoms with Crippen molar-refractivity contribution >= 4 is 22.9 Å². The molecule has 0 saturated heterocycles. The Morgan fingerprint density at radius 3 is 2.80 bits per heavy atom. The van der Waals surface area contributed by atoms with Crippen LogP contribution >= 0.6 is 0 Å². The van der Waals surface area contributed by atoms with Crippen molar-refractivity contribution in [1.82, 2.24) is 24.6 Å². The lowest BCUT2D eigenvalue weighted by atomic mass is 9.99. The lowest BCUT2D eigenvalue weighted by molar-refractivity contribution is -0.129. The smallest absolute Gasteiger partial charge is 0.263 e. The fraction of sp³-hybridized carbons (Fsp3) is 0.429. The van der Waals surface area contributed by atoms with Crippen molar-refractivity contribution in [2.24, 2.45) is 0 Å². The summed E-state index contributed by atoms with van der Waals surface area (Å²) in [5.41, 5.74) is 1.49. The van der Waals surface area contributed by atoms with Gasteiger partial charge in [0, 0.05) is 20.0 Å². The summed E-state index contributed by atoms with van der Waals surface area (Å²) in [5.74, 6) is -0.0946. The number of benzene rings is 1. The summed E-state index contributed by atoms with van der Waals surface area (Å²) in [6.07, 6.45) is 2.11. The predicted octanol–water partition coefficient (Wildman–Crippen LogP) is 2.92. The molecule has 0 aliphatic carbocycles. The molecule has 1 aromatic carbocycles. The van der Waals surface area contributed by atoms with Crippen LogP contribution in [-0.2, 0) is 16.9 Å². The minimum absolute atomic E-state index is 0.0621. The highest BCUT2D eigenvalue weighted by Crippen LogP contribution is 2.30. The van der Waals surface area contributed by atoms with Crippen molar-refractivity contribution in [3.63, 3.8) is 0 Å². The van der Waals surface area contributed by atoms with Gasteiger partial charge in [0.2, 0.25) is 11.9 Å². The average Bonchev–Trinajstić information content (AvgIpc) is 3.01. The number of nitrogens with one attached hydrogen (secondary N) is 2. The molecule has 9 heteroatoms. The summed E-state index contributed by atoms with van der Waals surface area (Å²) in [5, 5.41) is 8.03. The largest absolute Gasteiger partial charge is 0.349 e. The molecule has 0 bridgehead atoms. The zero-order valence-corrected chi connectivity index (χ0v) is 17.5. The predicted molar refractivity (Wildman–Crippen MR) is 112 cm³/mol. The molecule has 1 atom stereocenters. The van der Waals surface area contributed by atoms with Crippen molar-refractivity contribution in [2.45, 2.75) is 52.2 Å². The maximum atomic E-state index is 13.9. The van der Waals surface area contributed by atoms with E-state index in [1.165, 1.54) is 25.3 Å². The molecule has 0 spiro atoms. The number of nitrogens with zero attached hydrogens (tertiary/aromatic N) is 4. The average molecular weight is 412 g/mol. The standard InChI is InChI=1S/C21H25FN6O2/c1-12(29)27-8-7-17(15-6-5-14(22)9-13(15)11-27)24-20-25-18-16(19(30)26-20)10-23-28(18)21(2,3)4/h5-6,9-10,17H,7-8,11H2,1-4H3,(H2,24,25,26,30). The van der Waals surface area contributed by atoms with E-state index in [-0.39, 0.29) is 28.9 Å².